The molecule has 0 aliphatic heterocycles. The SMILES string of the molecule is Cc1cc(C)c(C(=O)COC(=O)CCNS(=O)(=O)c2ccc(F)c(F)c2)cc1C. The van der Waals surface area contributed by atoms with Gasteiger partial charge in [0.2, 0.25) is 15.8 Å². The Balaban J connectivity index is 1.86. The molecule has 0 atom stereocenters. The quantitative estimate of drug-likeness (QED) is 0.519. The molecule has 156 valence electrons. The summed E-state index contributed by atoms with van der Waals surface area (Å²) in [6, 6.07) is 5.75. The maximum absolute atomic E-state index is 13.2. The second-order valence-corrected chi connectivity index (χ2v) is 8.33. The minimum absolute atomic E-state index is 0.322. The fraction of sp³-hybridized carbons (Fsp3) is 0.300. The lowest BCUT2D eigenvalue weighted by Gasteiger charge is -2.10. The first-order valence-electron chi connectivity index (χ1n) is 8.72. The van der Waals surface area contributed by atoms with Gasteiger partial charge in [-0.2, -0.15) is 0 Å². The van der Waals surface area contributed by atoms with E-state index in [0.717, 1.165) is 22.8 Å². The number of ketones is 1. The Kier molecular flexibility index (Phi) is 7.21. The van der Waals surface area contributed by atoms with Crippen molar-refractivity contribution in [1.82, 2.24) is 4.72 Å². The average molecular weight is 425 g/mol. The van der Waals surface area contributed by atoms with Crippen molar-refractivity contribution >= 4 is 21.8 Å². The van der Waals surface area contributed by atoms with Crippen molar-refractivity contribution in [3.05, 3.63) is 64.2 Å². The third kappa shape index (κ3) is 5.91. The molecule has 9 heteroatoms. The molecule has 0 aliphatic carbocycles. The third-order valence-electron chi connectivity index (χ3n) is 4.33. The molecule has 1 N–H and O–H groups in total. The number of carbonyl (C=O) groups is 2. The largest absolute Gasteiger partial charge is 0.457 e. The van der Waals surface area contributed by atoms with Gasteiger partial charge in [0.25, 0.3) is 0 Å². The Labute approximate surface area is 167 Å². The third-order valence-corrected chi connectivity index (χ3v) is 5.79. The van der Waals surface area contributed by atoms with Gasteiger partial charge in [-0.15, -0.1) is 0 Å². The first-order chi connectivity index (χ1) is 13.5. The molecule has 0 saturated heterocycles. The van der Waals surface area contributed by atoms with Crippen molar-refractivity contribution in [3.63, 3.8) is 0 Å². The van der Waals surface area contributed by atoms with E-state index in [2.05, 4.69) is 4.72 Å². The number of hydrogen-bond acceptors (Lipinski definition) is 5. The van der Waals surface area contributed by atoms with Crippen LogP contribution in [0.1, 0.15) is 33.5 Å². The molecule has 0 aliphatic rings. The van der Waals surface area contributed by atoms with Gasteiger partial charge in [0.05, 0.1) is 11.3 Å². The number of ether oxygens (including phenoxy) is 1. The summed E-state index contributed by atoms with van der Waals surface area (Å²) in [6.45, 7) is 4.80. The molecular weight excluding hydrogens is 404 g/mol. The summed E-state index contributed by atoms with van der Waals surface area (Å²) in [5.41, 5.74) is 3.22. The lowest BCUT2D eigenvalue weighted by atomic mass is 9.98. The van der Waals surface area contributed by atoms with Gasteiger partial charge in [0, 0.05) is 12.1 Å². The van der Waals surface area contributed by atoms with Crippen LogP contribution in [-0.4, -0.2) is 33.3 Å². The van der Waals surface area contributed by atoms with Crippen LogP contribution >= 0.6 is 0 Å². The average Bonchev–Trinajstić information content (AvgIpc) is 2.64. The van der Waals surface area contributed by atoms with Gasteiger partial charge in [-0.1, -0.05) is 6.07 Å². The summed E-state index contributed by atoms with van der Waals surface area (Å²) in [7, 11) is -4.12. The molecule has 0 bridgehead atoms. The summed E-state index contributed by atoms with van der Waals surface area (Å²) in [5, 5.41) is 0. The van der Waals surface area contributed by atoms with Crippen LogP contribution in [0.25, 0.3) is 0 Å². The van der Waals surface area contributed by atoms with Crippen molar-refractivity contribution in [2.75, 3.05) is 13.2 Å². The van der Waals surface area contributed by atoms with E-state index in [1.165, 1.54) is 0 Å². The summed E-state index contributed by atoms with van der Waals surface area (Å²) in [5.74, 6) is -3.60. The molecule has 0 aromatic heterocycles. The van der Waals surface area contributed by atoms with E-state index in [1.807, 2.05) is 19.9 Å². The number of rotatable bonds is 8. The standard InChI is InChI=1S/C20H21F2NO5S/c1-12-8-14(3)16(9-13(12)2)19(24)11-28-20(25)6-7-23-29(26,27)15-4-5-17(21)18(22)10-15/h4-5,8-10,23H,6-7,11H2,1-3H3. The zero-order valence-electron chi connectivity index (χ0n) is 16.2. The van der Waals surface area contributed by atoms with Crippen LogP contribution < -0.4 is 4.72 Å². The summed E-state index contributed by atoms with van der Waals surface area (Å²) in [6.07, 6.45) is -0.331. The topological polar surface area (TPSA) is 89.5 Å². The zero-order valence-corrected chi connectivity index (χ0v) is 17.0. The van der Waals surface area contributed by atoms with Crippen LogP contribution in [0.15, 0.2) is 35.2 Å². The highest BCUT2D eigenvalue weighted by atomic mass is 32.2. The number of hydrogen-bond donors (Lipinski definition) is 1. The van der Waals surface area contributed by atoms with E-state index < -0.39 is 39.1 Å². The fourth-order valence-corrected chi connectivity index (χ4v) is 3.61. The molecule has 2 rings (SSSR count). The van der Waals surface area contributed by atoms with Crippen LogP contribution in [0.5, 0.6) is 0 Å². The first-order valence-corrected chi connectivity index (χ1v) is 10.2. The molecule has 2 aromatic rings. The van der Waals surface area contributed by atoms with Gasteiger partial charge in [0.1, 0.15) is 0 Å². The highest BCUT2D eigenvalue weighted by Gasteiger charge is 2.18. The van der Waals surface area contributed by atoms with E-state index >= 15 is 0 Å². The van der Waals surface area contributed by atoms with Gasteiger partial charge < -0.3 is 4.74 Å². The van der Waals surface area contributed by atoms with Crippen molar-refractivity contribution in [2.24, 2.45) is 0 Å². The predicted molar refractivity (Wildman–Crippen MR) is 102 cm³/mol. The lowest BCUT2D eigenvalue weighted by molar-refractivity contribution is -0.142. The molecule has 0 spiro atoms. The van der Waals surface area contributed by atoms with Gasteiger partial charge in [-0.05, 0) is 61.7 Å². The minimum Gasteiger partial charge on any atom is -0.457 e. The normalized spacial score (nSPS) is 11.3. The Bertz CT molecular complexity index is 1050. The number of benzene rings is 2. The Morgan fingerprint density at radius 3 is 2.28 bits per heavy atom. The second-order valence-electron chi connectivity index (χ2n) is 6.56. The number of halogens is 2. The molecule has 0 amide bonds. The smallest absolute Gasteiger partial charge is 0.307 e. The zero-order chi connectivity index (χ0) is 21.8. The van der Waals surface area contributed by atoms with Crippen molar-refractivity contribution in [2.45, 2.75) is 32.1 Å². The van der Waals surface area contributed by atoms with Crippen molar-refractivity contribution in [1.29, 1.82) is 0 Å². The molecule has 0 radical (unpaired) electrons. The van der Waals surface area contributed by atoms with Crippen molar-refractivity contribution in [3.8, 4) is 0 Å². The number of nitrogens with one attached hydrogen (secondary N) is 1. The van der Waals surface area contributed by atoms with Crippen LogP contribution in [0.4, 0.5) is 8.78 Å². The number of Topliss-reactive ketones (excluding diaryl/α,β-unsaturated/α-hetero) is 1. The van der Waals surface area contributed by atoms with Crippen LogP contribution in [0.3, 0.4) is 0 Å². The molecular formula is C20H21F2NO5S. The number of aryl methyl sites for hydroxylation is 3. The highest BCUT2D eigenvalue weighted by molar-refractivity contribution is 7.89. The van der Waals surface area contributed by atoms with Crippen LogP contribution in [0, 0.1) is 32.4 Å². The number of carbonyl (C=O) groups excluding carboxylic acids is 2. The van der Waals surface area contributed by atoms with E-state index in [-0.39, 0.29) is 18.7 Å². The number of esters is 1. The maximum Gasteiger partial charge on any atom is 0.307 e. The fourth-order valence-electron chi connectivity index (χ4n) is 2.57. The van der Waals surface area contributed by atoms with Crippen LogP contribution in [-0.2, 0) is 19.6 Å². The van der Waals surface area contributed by atoms with E-state index in [1.54, 1.807) is 13.0 Å². The van der Waals surface area contributed by atoms with Crippen LogP contribution in [0.2, 0.25) is 0 Å². The molecule has 2 aromatic carbocycles. The Hall–Kier alpha value is -2.65. The van der Waals surface area contributed by atoms with Gasteiger partial charge in [-0.25, -0.2) is 21.9 Å². The Morgan fingerprint density at radius 2 is 1.62 bits per heavy atom. The minimum atomic E-state index is -4.12. The maximum atomic E-state index is 13.2. The van der Waals surface area contributed by atoms with E-state index in [0.29, 0.717) is 17.7 Å². The molecule has 0 heterocycles. The number of sulfonamides is 1. The van der Waals surface area contributed by atoms with Gasteiger partial charge in [-0.3, -0.25) is 9.59 Å². The monoisotopic (exact) mass is 425 g/mol. The Morgan fingerprint density at radius 1 is 0.966 bits per heavy atom. The highest BCUT2D eigenvalue weighted by Crippen LogP contribution is 2.16. The lowest BCUT2D eigenvalue weighted by Crippen LogP contribution is -2.27. The predicted octanol–water partition coefficient (Wildman–Crippen LogP) is 2.98. The van der Waals surface area contributed by atoms with E-state index in [4.69, 9.17) is 4.74 Å². The summed E-state index contributed by atoms with van der Waals surface area (Å²) >= 11 is 0. The first kappa shape index (κ1) is 22.6. The van der Waals surface area contributed by atoms with Crippen molar-refractivity contribution < 1.29 is 31.5 Å². The van der Waals surface area contributed by atoms with E-state index in [9.17, 15) is 26.8 Å². The summed E-state index contributed by atoms with van der Waals surface area (Å²) < 4.78 is 57.1. The van der Waals surface area contributed by atoms with Gasteiger partial charge in [0.15, 0.2) is 18.2 Å². The van der Waals surface area contributed by atoms with Gasteiger partial charge >= 0.3 is 5.97 Å². The molecule has 6 nitrogen and oxygen atoms in total. The molecule has 0 fully saturated rings. The molecule has 0 saturated carbocycles. The summed E-state index contributed by atoms with van der Waals surface area (Å²) in [4.78, 5) is 23.6. The molecule has 29 heavy (non-hydrogen) atoms. The second kappa shape index (κ2) is 9.23. The molecule has 0 unspecified atom stereocenters.